The van der Waals surface area contributed by atoms with E-state index in [1.807, 2.05) is 85.8 Å². The van der Waals surface area contributed by atoms with Gasteiger partial charge in [-0.2, -0.15) is 0 Å². The number of benzene rings is 3. The van der Waals surface area contributed by atoms with Crippen molar-refractivity contribution < 1.29 is 14.3 Å². The maximum atomic E-state index is 13.8. The first kappa shape index (κ1) is 28.7. The van der Waals surface area contributed by atoms with Crippen LogP contribution in [0, 0.1) is 6.92 Å². The zero-order chi connectivity index (χ0) is 27.5. The average Bonchev–Trinajstić information content (AvgIpc) is 2.95. The minimum absolute atomic E-state index is 0.0674. The fourth-order valence-corrected chi connectivity index (χ4v) is 5.33. The molecule has 1 N–H and O–H groups in total. The van der Waals surface area contributed by atoms with Crippen LogP contribution in [0.3, 0.4) is 0 Å². The molecule has 0 saturated heterocycles. The fourth-order valence-electron chi connectivity index (χ4n) is 5.12. The molecule has 39 heavy (non-hydrogen) atoms. The third-order valence-corrected chi connectivity index (χ3v) is 7.52. The van der Waals surface area contributed by atoms with Crippen molar-refractivity contribution >= 4 is 23.4 Å². The molecular weight excluding hydrogens is 508 g/mol. The first-order chi connectivity index (χ1) is 19.0. The number of hydrogen-bond acceptors (Lipinski definition) is 3. The number of carbonyl (C=O) groups is 2. The lowest BCUT2D eigenvalue weighted by atomic mass is 9.94. The van der Waals surface area contributed by atoms with Gasteiger partial charge in [0, 0.05) is 30.5 Å². The molecule has 3 aromatic carbocycles. The summed E-state index contributed by atoms with van der Waals surface area (Å²) in [6.45, 7) is 2.78. The van der Waals surface area contributed by atoms with E-state index in [0.717, 1.165) is 42.6 Å². The van der Waals surface area contributed by atoms with Crippen LogP contribution in [-0.4, -0.2) is 35.4 Å². The number of carbonyl (C=O) groups excluding carboxylic acids is 2. The van der Waals surface area contributed by atoms with Gasteiger partial charge in [-0.15, -0.1) is 0 Å². The molecule has 0 aliphatic heterocycles. The zero-order valence-corrected chi connectivity index (χ0v) is 23.5. The van der Waals surface area contributed by atoms with Gasteiger partial charge in [-0.25, -0.2) is 0 Å². The molecule has 1 atom stereocenters. The lowest BCUT2D eigenvalue weighted by molar-refractivity contribution is -0.141. The molecule has 1 aliphatic carbocycles. The van der Waals surface area contributed by atoms with E-state index in [0.29, 0.717) is 31.0 Å². The predicted molar refractivity (Wildman–Crippen MR) is 157 cm³/mol. The number of hydrogen-bond donors (Lipinski definition) is 1. The highest BCUT2D eigenvalue weighted by atomic mass is 35.5. The Labute approximate surface area is 237 Å². The van der Waals surface area contributed by atoms with Crippen molar-refractivity contribution in [3.63, 3.8) is 0 Å². The summed E-state index contributed by atoms with van der Waals surface area (Å²) in [7, 11) is 0. The second-order valence-electron chi connectivity index (χ2n) is 10.5. The fraction of sp³-hybridized carbons (Fsp3) is 0.394. The van der Waals surface area contributed by atoms with Gasteiger partial charge in [-0.3, -0.25) is 9.59 Å². The van der Waals surface area contributed by atoms with Crippen LogP contribution in [0.25, 0.3) is 0 Å². The molecule has 6 heteroatoms. The summed E-state index contributed by atoms with van der Waals surface area (Å²) in [5.41, 5.74) is 3.09. The number of nitrogens with zero attached hydrogens (tertiary/aromatic N) is 1. The Balaban J connectivity index is 1.51. The van der Waals surface area contributed by atoms with Gasteiger partial charge in [-0.05, 0) is 61.6 Å². The van der Waals surface area contributed by atoms with Crippen molar-refractivity contribution in [3.8, 4) is 5.75 Å². The Morgan fingerprint density at radius 3 is 2.38 bits per heavy atom. The first-order valence-corrected chi connectivity index (χ1v) is 14.4. The average molecular weight is 547 g/mol. The molecule has 1 aliphatic rings. The van der Waals surface area contributed by atoms with Gasteiger partial charge in [0.1, 0.15) is 11.8 Å². The highest BCUT2D eigenvalue weighted by Crippen LogP contribution is 2.21. The van der Waals surface area contributed by atoms with Gasteiger partial charge in [0.2, 0.25) is 11.8 Å². The molecule has 1 fully saturated rings. The summed E-state index contributed by atoms with van der Waals surface area (Å²) in [4.78, 5) is 29.3. The van der Waals surface area contributed by atoms with Crippen LogP contribution in [-0.2, 0) is 22.6 Å². The monoisotopic (exact) mass is 546 g/mol. The Morgan fingerprint density at radius 2 is 1.67 bits per heavy atom. The van der Waals surface area contributed by atoms with Crippen molar-refractivity contribution in [1.29, 1.82) is 0 Å². The SMILES string of the molecule is Cc1ccc(OCCCC(=O)N(Cc2cccc(Cl)c2)[C@@H](Cc2ccccc2)C(=O)NC2CCCCC2)cc1. The van der Waals surface area contributed by atoms with E-state index in [9.17, 15) is 9.59 Å². The molecule has 2 amide bonds. The van der Waals surface area contributed by atoms with E-state index in [2.05, 4.69) is 5.32 Å². The van der Waals surface area contributed by atoms with Gasteiger partial charge in [0.25, 0.3) is 0 Å². The number of amides is 2. The second kappa shape index (κ2) is 14.7. The molecule has 0 aromatic heterocycles. The third kappa shape index (κ3) is 9.14. The Hall–Kier alpha value is -3.31. The number of rotatable bonds is 12. The summed E-state index contributed by atoms with van der Waals surface area (Å²) in [6.07, 6.45) is 6.73. The topological polar surface area (TPSA) is 58.6 Å². The van der Waals surface area contributed by atoms with Crippen LogP contribution in [0.1, 0.15) is 61.6 Å². The van der Waals surface area contributed by atoms with Crippen LogP contribution in [0.5, 0.6) is 5.75 Å². The lowest BCUT2D eigenvalue weighted by Crippen LogP contribution is -2.52. The van der Waals surface area contributed by atoms with Gasteiger partial charge < -0.3 is 15.0 Å². The molecule has 0 heterocycles. The normalized spacial score (nSPS) is 14.4. The largest absolute Gasteiger partial charge is 0.494 e. The number of ether oxygens (including phenoxy) is 1. The van der Waals surface area contributed by atoms with Crippen molar-refractivity contribution in [2.24, 2.45) is 0 Å². The lowest BCUT2D eigenvalue weighted by Gasteiger charge is -2.33. The standard InChI is InChI=1S/C33H39ClN2O3/c1-25-17-19-30(20-18-25)39-21-9-16-32(37)36(24-27-12-8-13-28(34)22-27)31(23-26-10-4-2-5-11-26)33(38)35-29-14-6-3-7-15-29/h2,4-5,8,10-13,17-20,22,29,31H,3,6-7,9,14-16,21,23-24H2,1H3,(H,35,38)/t31-/m0/s1. The number of aryl methyl sites for hydroxylation is 1. The summed E-state index contributed by atoms with van der Waals surface area (Å²) >= 11 is 6.28. The molecule has 0 spiro atoms. The van der Waals surface area contributed by atoms with E-state index < -0.39 is 6.04 Å². The maximum Gasteiger partial charge on any atom is 0.243 e. The summed E-state index contributed by atoms with van der Waals surface area (Å²) in [5, 5.41) is 3.89. The molecular formula is C33H39ClN2O3. The van der Waals surface area contributed by atoms with Gasteiger partial charge in [0.15, 0.2) is 0 Å². The van der Waals surface area contributed by atoms with Gasteiger partial charge >= 0.3 is 0 Å². The van der Waals surface area contributed by atoms with E-state index in [4.69, 9.17) is 16.3 Å². The van der Waals surface area contributed by atoms with Gasteiger partial charge in [-0.1, -0.05) is 91.0 Å². The quantitative estimate of drug-likeness (QED) is 0.251. The first-order valence-electron chi connectivity index (χ1n) is 14.1. The number of nitrogens with one attached hydrogen (secondary N) is 1. The van der Waals surface area contributed by atoms with Crippen molar-refractivity contribution in [1.82, 2.24) is 10.2 Å². The van der Waals surface area contributed by atoms with E-state index >= 15 is 0 Å². The Bertz CT molecular complexity index is 1190. The van der Waals surface area contributed by atoms with Crippen LogP contribution >= 0.6 is 11.6 Å². The Morgan fingerprint density at radius 1 is 0.949 bits per heavy atom. The summed E-state index contributed by atoms with van der Waals surface area (Å²) < 4.78 is 5.86. The molecule has 0 radical (unpaired) electrons. The molecule has 1 saturated carbocycles. The minimum atomic E-state index is -0.626. The highest BCUT2D eigenvalue weighted by molar-refractivity contribution is 6.30. The van der Waals surface area contributed by atoms with Crippen molar-refractivity contribution in [2.45, 2.75) is 76.9 Å². The van der Waals surface area contributed by atoms with E-state index in [-0.39, 0.29) is 24.3 Å². The molecule has 206 valence electrons. The predicted octanol–water partition coefficient (Wildman–Crippen LogP) is 6.90. The van der Waals surface area contributed by atoms with E-state index in [1.165, 1.54) is 12.0 Å². The molecule has 0 unspecified atom stereocenters. The second-order valence-corrected chi connectivity index (χ2v) is 10.9. The van der Waals surface area contributed by atoms with Crippen molar-refractivity contribution in [2.75, 3.05) is 6.61 Å². The maximum absolute atomic E-state index is 13.8. The van der Waals surface area contributed by atoms with Crippen LogP contribution in [0.2, 0.25) is 5.02 Å². The molecule has 5 nitrogen and oxygen atoms in total. The van der Waals surface area contributed by atoms with Crippen molar-refractivity contribution in [3.05, 3.63) is 101 Å². The van der Waals surface area contributed by atoms with Crippen LogP contribution in [0.15, 0.2) is 78.9 Å². The smallest absolute Gasteiger partial charge is 0.243 e. The molecule has 0 bridgehead atoms. The molecule has 4 rings (SSSR count). The number of halogens is 1. The third-order valence-electron chi connectivity index (χ3n) is 7.29. The summed E-state index contributed by atoms with van der Waals surface area (Å²) in [5.74, 6) is 0.636. The van der Waals surface area contributed by atoms with E-state index in [1.54, 1.807) is 4.90 Å². The zero-order valence-electron chi connectivity index (χ0n) is 22.8. The summed E-state index contributed by atoms with van der Waals surface area (Å²) in [6, 6.07) is 24.9. The highest BCUT2D eigenvalue weighted by Gasteiger charge is 2.31. The van der Waals surface area contributed by atoms with Gasteiger partial charge in [0.05, 0.1) is 6.61 Å². The molecule has 3 aromatic rings. The minimum Gasteiger partial charge on any atom is -0.494 e. The van der Waals surface area contributed by atoms with Crippen LogP contribution < -0.4 is 10.1 Å². The Kier molecular flexibility index (Phi) is 10.8. The van der Waals surface area contributed by atoms with Crippen LogP contribution in [0.4, 0.5) is 0 Å².